The molecule has 1 aromatic heterocycles. The molecule has 0 bridgehead atoms. The summed E-state index contributed by atoms with van der Waals surface area (Å²) < 4.78 is 15.6. The van der Waals surface area contributed by atoms with Crippen molar-refractivity contribution < 1.29 is 4.39 Å². The van der Waals surface area contributed by atoms with Crippen molar-refractivity contribution in [2.75, 3.05) is 6.54 Å². The fourth-order valence-electron chi connectivity index (χ4n) is 1.86. The van der Waals surface area contributed by atoms with Gasteiger partial charge in [-0.2, -0.15) is 5.10 Å². The molecule has 0 fully saturated rings. The van der Waals surface area contributed by atoms with Gasteiger partial charge < -0.3 is 5.32 Å². The zero-order valence-electron chi connectivity index (χ0n) is 10.9. The minimum absolute atomic E-state index is 0.242. The lowest BCUT2D eigenvalue weighted by atomic mass is 10.2. The second kappa shape index (κ2) is 6.82. The van der Waals surface area contributed by atoms with Crippen LogP contribution in [0.4, 0.5) is 4.39 Å². The van der Waals surface area contributed by atoms with Crippen molar-refractivity contribution in [3.05, 3.63) is 52.0 Å². The molecule has 0 unspecified atom stereocenters. The Bertz CT molecular complexity index is 539. The molecule has 2 aromatic rings. The molecule has 1 N–H and O–H groups in total. The standard InChI is InChI=1S/C14H17BrFN3/c1-2-6-17-9-12-5-7-18-19(12)10-11-3-4-14(16)13(15)8-11/h3-5,7-8,17H,2,6,9-10H2,1H3. The summed E-state index contributed by atoms with van der Waals surface area (Å²) in [7, 11) is 0. The SMILES string of the molecule is CCCNCc1ccnn1Cc1ccc(F)c(Br)c1. The smallest absolute Gasteiger partial charge is 0.137 e. The second-order valence-corrected chi connectivity index (χ2v) is 5.26. The first-order valence-corrected chi connectivity index (χ1v) is 7.15. The van der Waals surface area contributed by atoms with E-state index < -0.39 is 0 Å². The lowest BCUT2D eigenvalue weighted by Gasteiger charge is -2.09. The predicted octanol–water partition coefficient (Wildman–Crippen LogP) is 3.33. The molecule has 0 radical (unpaired) electrons. The Morgan fingerprint density at radius 1 is 1.37 bits per heavy atom. The summed E-state index contributed by atoms with van der Waals surface area (Å²) in [5.74, 6) is -0.242. The molecule has 0 aliphatic heterocycles. The van der Waals surface area contributed by atoms with Crippen LogP contribution in [0.3, 0.4) is 0 Å². The molecular formula is C14H17BrFN3. The average Bonchev–Trinajstić information content (AvgIpc) is 2.82. The number of rotatable bonds is 6. The lowest BCUT2D eigenvalue weighted by molar-refractivity contribution is 0.589. The van der Waals surface area contributed by atoms with Gasteiger partial charge in [-0.3, -0.25) is 4.68 Å². The third kappa shape index (κ3) is 3.88. The zero-order valence-corrected chi connectivity index (χ0v) is 12.5. The maximum atomic E-state index is 13.2. The highest BCUT2D eigenvalue weighted by molar-refractivity contribution is 9.10. The zero-order chi connectivity index (χ0) is 13.7. The van der Waals surface area contributed by atoms with Crippen molar-refractivity contribution in [2.24, 2.45) is 0 Å². The number of nitrogens with zero attached hydrogens (tertiary/aromatic N) is 2. The summed E-state index contributed by atoms with van der Waals surface area (Å²) in [5, 5.41) is 7.66. The Kier molecular flexibility index (Phi) is 5.10. The molecule has 0 aliphatic carbocycles. The van der Waals surface area contributed by atoms with E-state index >= 15 is 0 Å². The minimum atomic E-state index is -0.242. The van der Waals surface area contributed by atoms with E-state index in [4.69, 9.17) is 0 Å². The molecule has 0 saturated heterocycles. The molecule has 1 heterocycles. The van der Waals surface area contributed by atoms with Crippen molar-refractivity contribution in [3.63, 3.8) is 0 Å². The summed E-state index contributed by atoms with van der Waals surface area (Å²) in [4.78, 5) is 0. The van der Waals surface area contributed by atoms with E-state index in [1.165, 1.54) is 6.07 Å². The van der Waals surface area contributed by atoms with E-state index in [0.29, 0.717) is 11.0 Å². The average molecular weight is 326 g/mol. The van der Waals surface area contributed by atoms with Crippen LogP contribution in [0.5, 0.6) is 0 Å². The van der Waals surface area contributed by atoms with Crippen molar-refractivity contribution in [1.82, 2.24) is 15.1 Å². The molecule has 102 valence electrons. The first-order valence-electron chi connectivity index (χ1n) is 6.36. The molecule has 0 spiro atoms. The van der Waals surface area contributed by atoms with Gasteiger partial charge in [0.1, 0.15) is 5.82 Å². The van der Waals surface area contributed by atoms with Crippen molar-refractivity contribution in [2.45, 2.75) is 26.4 Å². The quantitative estimate of drug-likeness (QED) is 0.825. The third-order valence-electron chi connectivity index (χ3n) is 2.85. The molecular weight excluding hydrogens is 309 g/mol. The van der Waals surface area contributed by atoms with E-state index in [1.54, 1.807) is 18.3 Å². The number of aromatic nitrogens is 2. The third-order valence-corrected chi connectivity index (χ3v) is 3.46. The van der Waals surface area contributed by atoms with Gasteiger partial charge in [-0.05, 0) is 52.7 Å². The van der Waals surface area contributed by atoms with Crippen molar-refractivity contribution in [3.8, 4) is 0 Å². The van der Waals surface area contributed by atoms with Gasteiger partial charge in [0.25, 0.3) is 0 Å². The molecule has 2 rings (SSSR count). The highest BCUT2D eigenvalue weighted by Crippen LogP contribution is 2.17. The highest BCUT2D eigenvalue weighted by atomic mass is 79.9. The van der Waals surface area contributed by atoms with Crippen LogP contribution < -0.4 is 5.32 Å². The fourth-order valence-corrected chi connectivity index (χ4v) is 2.28. The van der Waals surface area contributed by atoms with Crippen LogP contribution in [-0.4, -0.2) is 16.3 Å². The Balaban J connectivity index is 2.06. The summed E-state index contributed by atoms with van der Waals surface area (Å²) in [6, 6.07) is 7.05. The van der Waals surface area contributed by atoms with E-state index in [2.05, 4.69) is 33.3 Å². The van der Waals surface area contributed by atoms with E-state index in [0.717, 1.165) is 30.8 Å². The molecule has 0 saturated carbocycles. The summed E-state index contributed by atoms with van der Waals surface area (Å²) in [6.07, 6.45) is 2.90. The van der Waals surface area contributed by atoms with Gasteiger partial charge in [0.2, 0.25) is 0 Å². The maximum absolute atomic E-state index is 13.2. The van der Waals surface area contributed by atoms with Crippen LogP contribution in [0.1, 0.15) is 24.6 Å². The first-order chi connectivity index (χ1) is 9.20. The van der Waals surface area contributed by atoms with Crippen LogP contribution >= 0.6 is 15.9 Å². The van der Waals surface area contributed by atoms with Crippen LogP contribution in [0.25, 0.3) is 0 Å². The van der Waals surface area contributed by atoms with Crippen molar-refractivity contribution >= 4 is 15.9 Å². The first kappa shape index (κ1) is 14.2. The van der Waals surface area contributed by atoms with E-state index in [9.17, 15) is 4.39 Å². The van der Waals surface area contributed by atoms with E-state index in [1.807, 2.05) is 10.7 Å². The molecule has 19 heavy (non-hydrogen) atoms. The summed E-state index contributed by atoms with van der Waals surface area (Å²) >= 11 is 3.20. The Labute approximate surface area is 121 Å². The largest absolute Gasteiger partial charge is 0.311 e. The highest BCUT2D eigenvalue weighted by Gasteiger charge is 2.05. The minimum Gasteiger partial charge on any atom is -0.311 e. The van der Waals surface area contributed by atoms with Crippen LogP contribution in [0, 0.1) is 5.82 Å². The van der Waals surface area contributed by atoms with Gasteiger partial charge >= 0.3 is 0 Å². The van der Waals surface area contributed by atoms with Gasteiger partial charge in [-0.1, -0.05) is 13.0 Å². The van der Waals surface area contributed by atoms with Crippen LogP contribution in [0.2, 0.25) is 0 Å². The van der Waals surface area contributed by atoms with Crippen LogP contribution in [-0.2, 0) is 13.1 Å². The normalized spacial score (nSPS) is 10.9. The van der Waals surface area contributed by atoms with Crippen LogP contribution in [0.15, 0.2) is 34.9 Å². The summed E-state index contributed by atoms with van der Waals surface area (Å²) in [6.45, 7) is 4.58. The van der Waals surface area contributed by atoms with E-state index in [-0.39, 0.29) is 5.82 Å². The number of nitrogens with one attached hydrogen (secondary N) is 1. The second-order valence-electron chi connectivity index (χ2n) is 4.41. The molecule has 3 nitrogen and oxygen atoms in total. The molecule has 5 heteroatoms. The Morgan fingerprint density at radius 2 is 2.21 bits per heavy atom. The number of hydrogen-bond acceptors (Lipinski definition) is 2. The summed E-state index contributed by atoms with van der Waals surface area (Å²) in [5.41, 5.74) is 2.16. The van der Waals surface area contributed by atoms with Crippen molar-refractivity contribution in [1.29, 1.82) is 0 Å². The fraction of sp³-hybridized carbons (Fsp3) is 0.357. The Hall–Kier alpha value is -1.20. The predicted molar refractivity (Wildman–Crippen MR) is 77.4 cm³/mol. The molecule has 1 aromatic carbocycles. The monoisotopic (exact) mass is 325 g/mol. The molecule has 0 aliphatic rings. The maximum Gasteiger partial charge on any atom is 0.137 e. The molecule has 0 amide bonds. The topological polar surface area (TPSA) is 29.9 Å². The molecule has 0 atom stereocenters. The number of hydrogen-bond donors (Lipinski definition) is 1. The lowest BCUT2D eigenvalue weighted by Crippen LogP contribution is -2.17. The number of halogens is 2. The van der Waals surface area contributed by atoms with Gasteiger partial charge in [0, 0.05) is 12.7 Å². The van der Waals surface area contributed by atoms with Gasteiger partial charge in [-0.25, -0.2) is 4.39 Å². The van der Waals surface area contributed by atoms with Gasteiger partial charge in [0.15, 0.2) is 0 Å². The van der Waals surface area contributed by atoms with Gasteiger partial charge in [-0.15, -0.1) is 0 Å². The van der Waals surface area contributed by atoms with Gasteiger partial charge in [0.05, 0.1) is 16.7 Å². The Morgan fingerprint density at radius 3 is 2.95 bits per heavy atom. The number of benzene rings is 1.